The smallest absolute Gasteiger partial charge is 0.409 e. The van der Waals surface area contributed by atoms with Gasteiger partial charge in [-0.15, -0.1) is 0 Å². The molecule has 0 spiro atoms. The van der Waals surface area contributed by atoms with E-state index in [0.717, 1.165) is 35.4 Å². The summed E-state index contributed by atoms with van der Waals surface area (Å²) in [7, 11) is 0. The molecule has 0 bridgehead atoms. The van der Waals surface area contributed by atoms with Gasteiger partial charge in [-0.05, 0) is 43.5 Å². The van der Waals surface area contributed by atoms with E-state index in [4.69, 9.17) is 9.72 Å². The molecule has 1 fully saturated rings. The monoisotopic (exact) mass is 379 g/mol. The second kappa shape index (κ2) is 8.29. The maximum Gasteiger partial charge on any atom is 0.409 e. The minimum absolute atomic E-state index is 0.218. The number of nitrogens with one attached hydrogen (secondary N) is 1. The molecule has 2 aromatic heterocycles. The highest BCUT2D eigenvalue weighted by atomic mass is 16.6. The molecule has 3 heterocycles. The summed E-state index contributed by atoms with van der Waals surface area (Å²) in [6.45, 7) is 4.34. The van der Waals surface area contributed by atoms with Crippen LogP contribution in [0.4, 0.5) is 10.7 Å². The Balaban J connectivity index is 1.51. The van der Waals surface area contributed by atoms with Gasteiger partial charge in [-0.3, -0.25) is 4.98 Å². The van der Waals surface area contributed by atoms with Crippen molar-refractivity contribution in [2.75, 3.05) is 25.0 Å². The Kier molecular flexibility index (Phi) is 5.41. The number of hydrogen-bond acceptors (Lipinski definition) is 5. The quantitative estimate of drug-likeness (QED) is 0.734. The molecule has 7 heteroatoms. The predicted molar refractivity (Wildman–Crippen MR) is 108 cm³/mol. The standard InChI is InChI=1S/C21H25N5O2/c1-2-28-21(27)25-12-9-17(10-13-25)23-20-24-18-7-3-4-8-19(18)26(20)15-16-6-5-11-22-14-16/h3-8,11,14,17H,2,9-10,12-13,15H2,1H3,(H,23,24). The number of likely N-dealkylation sites (tertiary alicyclic amines) is 1. The first-order valence-corrected chi connectivity index (χ1v) is 9.77. The van der Waals surface area contributed by atoms with Crippen molar-refractivity contribution in [2.24, 2.45) is 0 Å². The largest absolute Gasteiger partial charge is 0.450 e. The van der Waals surface area contributed by atoms with Crippen LogP contribution in [0, 0.1) is 0 Å². The summed E-state index contributed by atoms with van der Waals surface area (Å²) in [4.78, 5) is 22.7. The van der Waals surface area contributed by atoms with Crippen molar-refractivity contribution in [3.63, 3.8) is 0 Å². The Morgan fingerprint density at radius 3 is 2.79 bits per heavy atom. The normalized spacial score (nSPS) is 15.0. The lowest BCUT2D eigenvalue weighted by Crippen LogP contribution is -2.42. The van der Waals surface area contributed by atoms with Crippen LogP contribution in [0.25, 0.3) is 11.0 Å². The summed E-state index contributed by atoms with van der Waals surface area (Å²) in [5.74, 6) is 0.861. The number of pyridine rings is 1. The third kappa shape index (κ3) is 3.93. The molecule has 28 heavy (non-hydrogen) atoms. The van der Waals surface area contributed by atoms with Crippen LogP contribution in [0.3, 0.4) is 0 Å². The number of carbonyl (C=O) groups excluding carboxylic acids is 1. The lowest BCUT2D eigenvalue weighted by molar-refractivity contribution is 0.0983. The van der Waals surface area contributed by atoms with Crippen molar-refractivity contribution in [2.45, 2.75) is 32.4 Å². The fraction of sp³-hybridized carbons (Fsp3) is 0.381. The maximum absolute atomic E-state index is 11.9. The number of nitrogens with zero attached hydrogens (tertiary/aromatic N) is 4. The molecule has 0 saturated carbocycles. The van der Waals surface area contributed by atoms with Crippen molar-refractivity contribution in [3.8, 4) is 0 Å². The van der Waals surface area contributed by atoms with Crippen LogP contribution in [0.2, 0.25) is 0 Å². The molecule has 0 atom stereocenters. The molecule has 1 saturated heterocycles. The summed E-state index contributed by atoms with van der Waals surface area (Å²) in [6, 6.07) is 12.5. The van der Waals surface area contributed by atoms with E-state index in [2.05, 4.69) is 27.0 Å². The zero-order chi connectivity index (χ0) is 19.3. The fourth-order valence-corrected chi connectivity index (χ4v) is 3.62. The van der Waals surface area contributed by atoms with Crippen LogP contribution in [-0.4, -0.2) is 51.3 Å². The molecule has 1 N–H and O–H groups in total. The molecule has 1 aliphatic rings. The molecule has 1 aliphatic heterocycles. The van der Waals surface area contributed by atoms with Gasteiger partial charge in [0.2, 0.25) is 5.95 Å². The van der Waals surface area contributed by atoms with Gasteiger partial charge in [0.25, 0.3) is 0 Å². The van der Waals surface area contributed by atoms with Crippen LogP contribution >= 0.6 is 0 Å². The van der Waals surface area contributed by atoms with E-state index in [1.807, 2.05) is 37.4 Å². The number of imidazole rings is 1. The zero-order valence-electron chi connectivity index (χ0n) is 16.0. The average Bonchev–Trinajstić information content (AvgIpc) is 3.06. The second-order valence-electron chi connectivity index (χ2n) is 6.98. The highest BCUT2D eigenvalue weighted by Crippen LogP contribution is 2.23. The predicted octanol–water partition coefficient (Wildman–Crippen LogP) is 3.51. The molecule has 4 rings (SSSR count). The van der Waals surface area contributed by atoms with Gasteiger partial charge in [-0.1, -0.05) is 18.2 Å². The first kappa shape index (κ1) is 18.3. The van der Waals surface area contributed by atoms with E-state index in [0.29, 0.717) is 26.2 Å². The van der Waals surface area contributed by atoms with Crippen LogP contribution in [0.5, 0.6) is 0 Å². The van der Waals surface area contributed by atoms with E-state index in [1.165, 1.54) is 0 Å². The van der Waals surface area contributed by atoms with E-state index in [-0.39, 0.29) is 12.1 Å². The number of piperidine rings is 1. The molecule has 1 amide bonds. The molecule has 0 radical (unpaired) electrons. The van der Waals surface area contributed by atoms with Gasteiger partial charge >= 0.3 is 6.09 Å². The summed E-state index contributed by atoms with van der Waals surface area (Å²) < 4.78 is 7.30. The number of carbonyl (C=O) groups is 1. The highest BCUT2D eigenvalue weighted by molar-refractivity contribution is 5.78. The van der Waals surface area contributed by atoms with Crippen molar-refractivity contribution in [3.05, 3.63) is 54.4 Å². The number of aromatic nitrogens is 3. The van der Waals surface area contributed by atoms with Crippen molar-refractivity contribution >= 4 is 23.1 Å². The van der Waals surface area contributed by atoms with E-state index in [9.17, 15) is 4.79 Å². The number of para-hydroxylation sites is 2. The van der Waals surface area contributed by atoms with Gasteiger partial charge in [-0.2, -0.15) is 0 Å². The number of amides is 1. The van der Waals surface area contributed by atoms with Crippen molar-refractivity contribution in [1.29, 1.82) is 0 Å². The first-order valence-electron chi connectivity index (χ1n) is 9.77. The van der Waals surface area contributed by atoms with Gasteiger partial charge < -0.3 is 19.5 Å². The Morgan fingerprint density at radius 1 is 1.21 bits per heavy atom. The Labute approximate surface area is 164 Å². The van der Waals surface area contributed by atoms with Crippen LogP contribution in [0.1, 0.15) is 25.3 Å². The van der Waals surface area contributed by atoms with Gasteiger partial charge in [0.15, 0.2) is 0 Å². The fourth-order valence-electron chi connectivity index (χ4n) is 3.62. The Bertz CT molecular complexity index is 932. The number of anilines is 1. The minimum Gasteiger partial charge on any atom is -0.450 e. The lowest BCUT2D eigenvalue weighted by Gasteiger charge is -2.31. The van der Waals surface area contributed by atoms with E-state index < -0.39 is 0 Å². The molecule has 3 aromatic rings. The van der Waals surface area contributed by atoms with E-state index >= 15 is 0 Å². The molecule has 1 aromatic carbocycles. The average molecular weight is 379 g/mol. The van der Waals surface area contributed by atoms with Gasteiger partial charge in [0.1, 0.15) is 0 Å². The maximum atomic E-state index is 11.9. The van der Waals surface area contributed by atoms with Crippen LogP contribution in [-0.2, 0) is 11.3 Å². The SMILES string of the molecule is CCOC(=O)N1CCC(Nc2nc3ccccc3n2Cc2cccnc2)CC1. The summed E-state index contributed by atoms with van der Waals surface area (Å²) >= 11 is 0. The number of hydrogen-bond donors (Lipinski definition) is 1. The summed E-state index contributed by atoms with van der Waals surface area (Å²) in [6.07, 6.45) is 5.19. The lowest BCUT2D eigenvalue weighted by atomic mass is 10.1. The minimum atomic E-state index is -0.218. The number of benzene rings is 1. The Hall–Kier alpha value is -3.09. The number of ether oxygens (including phenoxy) is 1. The van der Waals surface area contributed by atoms with Crippen molar-refractivity contribution in [1.82, 2.24) is 19.4 Å². The molecular weight excluding hydrogens is 354 g/mol. The van der Waals surface area contributed by atoms with Crippen molar-refractivity contribution < 1.29 is 9.53 Å². The number of fused-ring (bicyclic) bond motifs is 1. The molecule has 0 aliphatic carbocycles. The third-order valence-electron chi connectivity index (χ3n) is 5.07. The van der Waals surface area contributed by atoms with Gasteiger partial charge in [0, 0.05) is 31.5 Å². The molecule has 146 valence electrons. The third-order valence-corrected chi connectivity index (χ3v) is 5.07. The highest BCUT2D eigenvalue weighted by Gasteiger charge is 2.24. The topological polar surface area (TPSA) is 72.3 Å². The summed E-state index contributed by atoms with van der Waals surface area (Å²) in [5.41, 5.74) is 3.20. The van der Waals surface area contributed by atoms with Gasteiger partial charge in [-0.25, -0.2) is 9.78 Å². The number of rotatable bonds is 5. The second-order valence-corrected chi connectivity index (χ2v) is 6.98. The zero-order valence-corrected chi connectivity index (χ0v) is 16.0. The first-order chi connectivity index (χ1) is 13.7. The molecule has 7 nitrogen and oxygen atoms in total. The Morgan fingerprint density at radius 2 is 2.04 bits per heavy atom. The van der Waals surface area contributed by atoms with E-state index in [1.54, 1.807) is 11.1 Å². The van der Waals surface area contributed by atoms with Gasteiger partial charge in [0.05, 0.1) is 24.2 Å². The van der Waals surface area contributed by atoms with Crippen LogP contribution < -0.4 is 5.32 Å². The molecule has 0 unspecified atom stereocenters. The summed E-state index contributed by atoms with van der Waals surface area (Å²) in [5, 5.41) is 3.60. The molecular formula is C21H25N5O2. The van der Waals surface area contributed by atoms with Crippen LogP contribution in [0.15, 0.2) is 48.8 Å².